The SMILES string of the molecule is CCCc1cc(CNC)cc(N2CCS(=O)(=O)CC2C)n1. The van der Waals surface area contributed by atoms with E-state index in [-0.39, 0.29) is 17.5 Å². The van der Waals surface area contributed by atoms with Crippen molar-refractivity contribution in [1.29, 1.82) is 0 Å². The van der Waals surface area contributed by atoms with E-state index in [0.717, 1.165) is 30.9 Å². The topological polar surface area (TPSA) is 62.3 Å². The largest absolute Gasteiger partial charge is 0.352 e. The van der Waals surface area contributed by atoms with E-state index in [4.69, 9.17) is 4.98 Å². The van der Waals surface area contributed by atoms with Crippen molar-refractivity contribution in [1.82, 2.24) is 10.3 Å². The van der Waals surface area contributed by atoms with Crippen LogP contribution in [0.1, 0.15) is 31.5 Å². The van der Waals surface area contributed by atoms with E-state index in [1.54, 1.807) is 0 Å². The zero-order valence-corrected chi connectivity index (χ0v) is 13.9. The fourth-order valence-electron chi connectivity index (χ4n) is 2.81. The van der Waals surface area contributed by atoms with Gasteiger partial charge in [-0.1, -0.05) is 13.3 Å². The number of aromatic nitrogens is 1. The summed E-state index contributed by atoms with van der Waals surface area (Å²) >= 11 is 0. The molecule has 0 aliphatic carbocycles. The number of aryl methyl sites for hydroxylation is 1. The second kappa shape index (κ2) is 6.75. The van der Waals surface area contributed by atoms with Crippen LogP contribution < -0.4 is 10.2 Å². The third-order valence-corrected chi connectivity index (χ3v) is 5.57. The van der Waals surface area contributed by atoms with Crippen molar-refractivity contribution in [3.63, 3.8) is 0 Å². The lowest BCUT2D eigenvalue weighted by Crippen LogP contribution is -2.47. The highest BCUT2D eigenvalue weighted by molar-refractivity contribution is 7.91. The molecule has 118 valence electrons. The molecule has 0 aromatic carbocycles. The van der Waals surface area contributed by atoms with Crippen molar-refractivity contribution in [2.75, 3.05) is 30.0 Å². The van der Waals surface area contributed by atoms with Gasteiger partial charge in [-0.15, -0.1) is 0 Å². The van der Waals surface area contributed by atoms with Gasteiger partial charge in [-0.05, 0) is 38.1 Å². The van der Waals surface area contributed by atoms with Crippen LogP contribution in [0.2, 0.25) is 0 Å². The Hall–Kier alpha value is -1.14. The first-order chi connectivity index (χ1) is 9.95. The molecular formula is C15H25N3O2S. The van der Waals surface area contributed by atoms with E-state index in [1.165, 1.54) is 5.56 Å². The van der Waals surface area contributed by atoms with Crippen LogP contribution in [0.25, 0.3) is 0 Å². The lowest BCUT2D eigenvalue weighted by atomic mass is 10.1. The normalized spacial score (nSPS) is 21.5. The zero-order valence-electron chi connectivity index (χ0n) is 13.1. The van der Waals surface area contributed by atoms with Crippen LogP contribution in [0.4, 0.5) is 5.82 Å². The molecule has 1 aromatic heterocycles. The Labute approximate surface area is 127 Å². The number of rotatable bonds is 5. The summed E-state index contributed by atoms with van der Waals surface area (Å²) in [4.78, 5) is 6.85. The minimum absolute atomic E-state index is 0.0180. The van der Waals surface area contributed by atoms with Gasteiger partial charge in [0.2, 0.25) is 0 Å². The van der Waals surface area contributed by atoms with Crippen LogP contribution in [0, 0.1) is 0 Å². The van der Waals surface area contributed by atoms with Crippen molar-refractivity contribution >= 4 is 15.7 Å². The maximum Gasteiger partial charge on any atom is 0.154 e. The van der Waals surface area contributed by atoms with Gasteiger partial charge in [-0.25, -0.2) is 13.4 Å². The summed E-state index contributed by atoms with van der Waals surface area (Å²) < 4.78 is 23.4. The number of sulfone groups is 1. The fourth-order valence-corrected chi connectivity index (χ4v) is 4.37. The van der Waals surface area contributed by atoms with E-state index >= 15 is 0 Å². The average Bonchev–Trinajstić information content (AvgIpc) is 2.38. The molecule has 0 bridgehead atoms. The van der Waals surface area contributed by atoms with E-state index in [2.05, 4.69) is 29.3 Å². The van der Waals surface area contributed by atoms with Gasteiger partial charge in [0.1, 0.15) is 5.82 Å². The van der Waals surface area contributed by atoms with Crippen LogP contribution in [0.15, 0.2) is 12.1 Å². The number of nitrogens with one attached hydrogen (secondary N) is 1. The summed E-state index contributed by atoms with van der Waals surface area (Å²) in [7, 11) is -0.969. The van der Waals surface area contributed by atoms with Gasteiger partial charge in [0, 0.05) is 24.8 Å². The summed E-state index contributed by atoms with van der Waals surface area (Å²) in [6.45, 7) is 5.43. The first-order valence-electron chi connectivity index (χ1n) is 7.56. The van der Waals surface area contributed by atoms with E-state index in [0.29, 0.717) is 6.54 Å². The predicted molar refractivity (Wildman–Crippen MR) is 86.5 cm³/mol. The molecule has 6 heteroatoms. The summed E-state index contributed by atoms with van der Waals surface area (Å²) in [5.41, 5.74) is 2.28. The Bertz CT molecular complexity index is 562. The minimum Gasteiger partial charge on any atom is -0.352 e. The minimum atomic E-state index is -2.90. The average molecular weight is 311 g/mol. The van der Waals surface area contributed by atoms with E-state index < -0.39 is 9.84 Å². The smallest absolute Gasteiger partial charge is 0.154 e. The Balaban J connectivity index is 2.29. The van der Waals surface area contributed by atoms with Crippen molar-refractivity contribution in [2.45, 2.75) is 39.3 Å². The molecule has 0 saturated carbocycles. The maximum atomic E-state index is 11.7. The number of hydrogen-bond acceptors (Lipinski definition) is 5. The predicted octanol–water partition coefficient (Wildman–Crippen LogP) is 1.38. The molecule has 1 aliphatic heterocycles. The van der Waals surface area contributed by atoms with Crippen LogP contribution in [-0.2, 0) is 22.8 Å². The van der Waals surface area contributed by atoms with E-state index in [1.807, 2.05) is 14.0 Å². The maximum absolute atomic E-state index is 11.7. The monoisotopic (exact) mass is 311 g/mol. The molecule has 5 nitrogen and oxygen atoms in total. The summed E-state index contributed by atoms with van der Waals surface area (Å²) in [6.07, 6.45) is 2.00. The van der Waals surface area contributed by atoms with Crippen molar-refractivity contribution in [3.8, 4) is 0 Å². The Morgan fingerprint density at radius 2 is 2.19 bits per heavy atom. The molecule has 1 aromatic rings. The quantitative estimate of drug-likeness (QED) is 0.890. The molecule has 1 N–H and O–H groups in total. The summed E-state index contributed by atoms with van der Waals surface area (Å²) in [5, 5.41) is 3.17. The van der Waals surface area contributed by atoms with Crippen LogP contribution >= 0.6 is 0 Å². The van der Waals surface area contributed by atoms with Gasteiger partial charge in [0.25, 0.3) is 0 Å². The molecule has 1 atom stereocenters. The van der Waals surface area contributed by atoms with Crippen LogP contribution in [0.3, 0.4) is 0 Å². The lowest BCUT2D eigenvalue weighted by molar-refractivity contribution is 0.566. The zero-order chi connectivity index (χ0) is 15.5. The third-order valence-electron chi connectivity index (χ3n) is 3.78. The summed E-state index contributed by atoms with van der Waals surface area (Å²) in [6, 6.07) is 4.19. The van der Waals surface area contributed by atoms with E-state index in [9.17, 15) is 8.42 Å². The Morgan fingerprint density at radius 1 is 1.43 bits per heavy atom. The summed E-state index contributed by atoms with van der Waals surface area (Å²) in [5.74, 6) is 1.35. The van der Waals surface area contributed by atoms with Gasteiger partial charge < -0.3 is 10.2 Å². The molecule has 21 heavy (non-hydrogen) atoms. The van der Waals surface area contributed by atoms with Crippen molar-refractivity contribution < 1.29 is 8.42 Å². The molecule has 1 saturated heterocycles. The van der Waals surface area contributed by atoms with Gasteiger partial charge >= 0.3 is 0 Å². The van der Waals surface area contributed by atoms with Gasteiger partial charge in [-0.3, -0.25) is 0 Å². The van der Waals surface area contributed by atoms with Gasteiger partial charge in [0.05, 0.1) is 11.5 Å². The van der Waals surface area contributed by atoms with Crippen LogP contribution in [-0.4, -0.2) is 44.5 Å². The number of nitrogens with zero attached hydrogens (tertiary/aromatic N) is 2. The number of anilines is 1. The van der Waals surface area contributed by atoms with Gasteiger partial charge in [0.15, 0.2) is 9.84 Å². The number of hydrogen-bond donors (Lipinski definition) is 1. The second-order valence-electron chi connectivity index (χ2n) is 5.76. The first kappa shape index (κ1) is 16.2. The van der Waals surface area contributed by atoms with Crippen molar-refractivity contribution in [3.05, 3.63) is 23.4 Å². The number of pyridine rings is 1. The molecule has 1 aliphatic rings. The highest BCUT2D eigenvalue weighted by Crippen LogP contribution is 2.22. The Morgan fingerprint density at radius 3 is 2.81 bits per heavy atom. The third kappa shape index (κ3) is 4.17. The highest BCUT2D eigenvalue weighted by Gasteiger charge is 2.29. The second-order valence-corrected chi connectivity index (χ2v) is 7.99. The molecule has 0 amide bonds. The molecule has 2 rings (SSSR count). The molecule has 0 radical (unpaired) electrons. The highest BCUT2D eigenvalue weighted by atomic mass is 32.2. The fraction of sp³-hybridized carbons (Fsp3) is 0.667. The van der Waals surface area contributed by atoms with Crippen molar-refractivity contribution in [2.24, 2.45) is 0 Å². The molecule has 1 fully saturated rings. The van der Waals surface area contributed by atoms with Gasteiger partial charge in [-0.2, -0.15) is 0 Å². The lowest BCUT2D eigenvalue weighted by Gasteiger charge is -2.34. The first-order valence-corrected chi connectivity index (χ1v) is 9.39. The molecule has 0 spiro atoms. The standard InChI is InChI=1S/C15H25N3O2S/c1-4-5-14-8-13(10-16-3)9-15(17-14)18-6-7-21(19,20)11-12(18)2/h8-9,12,16H,4-7,10-11H2,1-3H3. The Kier molecular flexibility index (Phi) is 5.22. The molecule has 2 heterocycles. The molecule has 1 unspecified atom stereocenters. The molecular weight excluding hydrogens is 286 g/mol. The van der Waals surface area contributed by atoms with Crippen LogP contribution in [0.5, 0.6) is 0 Å².